The number of nitrogens with zero attached hydrogens (tertiary/aromatic N) is 2. The van der Waals surface area contributed by atoms with Gasteiger partial charge in [0, 0.05) is 0 Å². The molecule has 3 unspecified atom stereocenters. The molecule has 0 aromatic carbocycles. The van der Waals surface area contributed by atoms with Gasteiger partial charge in [-0.1, -0.05) is 6.92 Å². The minimum Gasteiger partial charge on any atom is -0.371 e. The highest BCUT2D eigenvalue weighted by atomic mass is 16.6. The summed E-state index contributed by atoms with van der Waals surface area (Å²) in [5.41, 5.74) is -0.724. The van der Waals surface area contributed by atoms with Crippen LogP contribution < -0.4 is 0 Å². The summed E-state index contributed by atoms with van der Waals surface area (Å²) in [5.74, 6) is -0.105. The molecule has 3 atom stereocenters. The van der Waals surface area contributed by atoms with E-state index in [4.69, 9.17) is 9.47 Å². The van der Waals surface area contributed by atoms with Gasteiger partial charge in [0.1, 0.15) is 5.54 Å². The molecule has 3 heterocycles. The molecule has 0 aromatic rings. The molecule has 3 rings (SSSR count). The van der Waals surface area contributed by atoms with Crippen LogP contribution >= 0.6 is 0 Å². The molecule has 3 fully saturated rings. The predicted molar refractivity (Wildman–Crippen MR) is 62.0 cm³/mol. The quantitative estimate of drug-likeness (QED) is 0.520. The van der Waals surface area contributed by atoms with E-state index >= 15 is 0 Å². The van der Waals surface area contributed by atoms with E-state index in [1.807, 2.05) is 13.8 Å². The zero-order valence-electron chi connectivity index (χ0n) is 10.7. The molecule has 3 amide bonds. The Morgan fingerprint density at radius 3 is 2.28 bits per heavy atom. The lowest BCUT2D eigenvalue weighted by Gasteiger charge is -2.30. The second-order valence-electron chi connectivity index (χ2n) is 5.35. The molecule has 0 spiro atoms. The van der Waals surface area contributed by atoms with Crippen LogP contribution in [0.1, 0.15) is 20.3 Å². The highest BCUT2D eigenvalue weighted by Gasteiger charge is 2.55. The van der Waals surface area contributed by atoms with E-state index in [0.29, 0.717) is 32.7 Å². The molecule has 3 aliphatic rings. The number of amides is 3. The third kappa shape index (κ3) is 1.80. The number of carbonyl (C=O) groups excluding carboxylic acids is 2. The minimum absolute atomic E-state index is 0.0381. The molecule has 3 saturated heterocycles. The Bertz CT molecular complexity index is 392. The van der Waals surface area contributed by atoms with E-state index in [2.05, 4.69) is 0 Å². The van der Waals surface area contributed by atoms with Crippen LogP contribution in [0.15, 0.2) is 0 Å². The van der Waals surface area contributed by atoms with Crippen molar-refractivity contribution in [3.8, 4) is 0 Å². The molecule has 3 aliphatic heterocycles. The van der Waals surface area contributed by atoms with Gasteiger partial charge in [-0.15, -0.1) is 0 Å². The summed E-state index contributed by atoms with van der Waals surface area (Å²) in [6, 6.07) is -0.199. The van der Waals surface area contributed by atoms with Crippen molar-refractivity contribution in [1.29, 1.82) is 0 Å². The number of hydrogen-bond donors (Lipinski definition) is 0. The molecule has 6 heteroatoms. The van der Waals surface area contributed by atoms with Crippen LogP contribution in [0.3, 0.4) is 0 Å². The summed E-state index contributed by atoms with van der Waals surface area (Å²) >= 11 is 0. The first-order valence-electron chi connectivity index (χ1n) is 6.43. The summed E-state index contributed by atoms with van der Waals surface area (Å²) in [4.78, 5) is 27.7. The number of imide groups is 1. The number of hydrogen-bond acceptors (Lipinski definition) is 4. The zero-order valence-corrected chi connectivity index (χ0v) is 10.7. The van der Waals surface area contributed by atoms with Crippen molar-refractivity contribution in [2.24, 2.45) is 0 Å². The van der Waals surface area contributed by atoms with E-state index < -0.39 is 5.54 Å². The van der Waals surface area contributed by atoms with Gasteiger partial charge in [-0.2, -0.15) is 0 Å². The molecular weight excluding hydrogens is 236 g/mol. The van der Waals surface area contributed by atoms with Crippen LogP contribution in [0.5, 0.6) is 0 Å². The van der Waals surface area contributed by atoms with Gasteiger partial charge in [0.2, 0.25) is 0 Å². The van der Waals surface area contributed by atoms with Gasteiger partial charge >= 0.3 is 6.03 Å². The third-order valence-electron chi connectivity index (χ3n) is 4.03. The molecule has 100 valence electrons. The monoisotopic (exact) mass is 254 g/mol. The lowest BCUT2D eigenvalue weighted by molar-refractivity contribution is -0.132. The Morgan fingerprint density at radius 2 is 1.78 bits per heavy atom. The van der Waals surface area contributed by atoms with E-state index in [1.165, 1.54) is 4.90 Å². The van der Waals surface area contributed by atoms with Crippen molar-refractivity contribution in [3.63, 3.8) is 0 Å². The number of urea groups is 1. The van der Waals surface area contributed by atoms with Crippen LogP contribution in [0.2, 0.25) is 0 Å². The largest absolute Gasteiger partial charge is 0.371 e. The fourth-order valence-corrected chi connectivity index (χ4v) is 2.39. The SMILES string of the molecule is CCC1(C)C(=O)N(CC2CO2)C(=O)N1CC1CO1. The van der Waals surface area contributed by atoms with E-state index in [9.17, 15) is 9.59 Å². The minimum atomic E-state index is -0.724. The van der Waals surface area contributed by atoms with E-state index in [0.717, 1.165) is 0 Å². The molecule has 0 aliphatic carbocycles. The zero-order chi connectivity index (χ0) is 12.9. The normalized spacial score (nSPS) is 38.6. The number of carbonyl (C=O) groups is 2. The fraction of sp³-hybridized carbons (Fsp3) is 0.833. The van der Waals surface area contributed by atoms with Crippen LogP contribution in [0.25, 0.3) is 0 Å². The van der Waals surface area contributed by atoms with Gasteiger partial charge in [0.05, 0.1) is 38.5 Å². The Kier molecular flexibility index (Phi) is 2.60. The summed E-state index contributed by atoms with van der Waals surface area (Å²) in [5, 5.41) is 0. The first-order chi connectivity index (χ1) is 8.56. The summed E-state index contributed by atoms with van der Waals surface area (Å²) < 4.78 is 10.3. The van der Waals surface area contributed by atoms with Gasteiger partial charge in [-0.3, -0.25) is 9.69 Å². The number of epoxide rings is 2. The summed E-state index contributed by atoms with van der Waals surface area (Å²) in [7, 11) is 0. The van der Waals surface area contributed by atoms with E-state index in [-0.39, 0.29) is 24.1 Å². The van der Waals surface area contributed by atoms with Crippen molar-refractivity contribution in [1.82, 2.24) is 9.80 Å². The van der Waals surface area contributed by atoms with Gasteiger partial charge in [-0.25, -0.2) is 4.79 Å². The highest BCUT2D eigenvalue weighted by Crippen LogP contribution is 2.33. The Labute approximate surface area is 106 Å². The maximum absolute atomic E-state index is 12.4. The second kappa shape index (κ2) is 3.93. The van der Waals surface area contributed by atoms with Crippen molar-refractivity contribution in [3.05, 3.63) is 0 Å². The first-order valence-corrected chi connectivity index (χ1v) is 6.43. The van der Waals surface area contributed by atoms with E-state index in [1.54, 1.807) is 4.90 Å². The number of rotatable bonds is 5. The average Bonchev–Trinajstić information content (AvgIpc) is 3.24. The third-order valence-corrected chi connectivity index (χ3v) is 4.03. The standard InChI is InChI=1S/C12H18N2O4/c1-3-12(2)10(15)13(4-8-6-17-8)11(16)14(12)5-9-7-18-9/h8-9H,3-7H2,1-2H3. The molecule has 0 aromatic heterocycles. The molecule has 0 bridgehead atoms. The molecule has 6 nitrogen and oxygen atoms in total. The molecule has 0 saturated carbocycles. The van der Waals surface area contributed by atoms with Gasteiger partial charge < -0.3 is 14.4 Å². The lowest BCUT2D eigenvalue weighted by Crippen LogP contribution is -2.48. The smallest absolute Gasteiger partial charge is 0.327 e. The van der Waals surface area contributed by atoms with Crippen molar-refractivity contribution < 1.29 is 19.1 Å². The summed E-state index contributed by atoms with van der Waals surface area (Å²) in [6.07, 6.45) is 0.757. The lowest BCUT2D eigenvalue weighted by atomic mass is 9.97. The van der Waals surface area contributed by atoms with Crippen LogP contribution in [0, 0.1) is 0 Å². The molecule has 0 radical (unpaired) electrons. The number of ether oxygens (including phenoxy) is 2. The fourth-order valence-electron chi connectivity index (χ4n) is 2.39. The van der Waals surface area contributed by atoms with Crippen molar-refractivity contribution in [2.75, 3.05) is 26.3 Å². The second-order valence-corrected chi connectivity index (χ2v) is 5.35. The summed E-state index contributed by atoms with van der Waals surface area (Å²) in [6.45, 7) is 5.99. The van der Waals surface area contributed by atoms with Crippen molar-refractivity contribution in [2.45, 2.75) is 38.0 Å². The molecule has 18 heavy (non-hydrogen) atoms. The Hall–Kier alpha value is -1.14. The molecular formula is C12H18N2O4. The van der Waals surface area contributed by atoms with Crippen LogP contribution in [-0.2, 0) is 14.3 Å². The molecule has 0 N–H and O–H groups in total. The maximum atomic E-state index is 12.4. The van der Waals surface area contributed by atoms with Crippen LogP contribution in [-0.4, -0.2) is 65.8 Å². The Morgan fingerprint density at radius 1 is 1.22 bits per heavy atom. The average molecular weight is 254 g/mol. The first kappa shape index (κ1) is 11.9. The van der Waals surface area contributed by atoms with Gasteiger partial charge in [-0.05, 0) is 13.3 Å². The maximum Gasteiger partial charge on any atom is 0.327 e. The van der Waals surface area contributed by atoms with Crippen LogP contribution in [0.4, 0.5) is 4.79 Å². The van der Waals surface area contributed by atoms with Crippen molar-refractivity contribution >= 4 is 11.9 Å². The Balaban J connectivity index is 1.81. The predicted octanol–water partition coefficient (Wildman–Crippen LogP) is 0.217. The van der Waals surface area contributed by atoms with Gasteiger partial charge in [0.25, 0.3) is 5.91 Å². The topological polar surface area (TPSA) is 65.7 Å². The van der Waals surface area contributed by atoms with Gasteiger partial charge in [0.15, 0.2) is 0 Å². The highest BCUT2D eigenvalue weighted by molar-refractivity contribution is 6.06.